The van der Waals surface area contributed by atoms with Crippen molar-refractivity contribution < 1.29 is 0 Å². The summed E-state index contributed by atoms with van der Waals surface area (Å²) in [7, 11) is 6.00. The summed E-state index contributed by atoms with van der Waals surface area (Å²) in [6.07, 6.45) is 0. The van der Waals surface area contributed by atoms with Crippen LogP contribution in [-0.2, 0) is 0 Å². The summed E-state index contributed by atoms with van der Waals surface area (Å²) < 4.78 is 0. The lowest BCUT2D eigenvalue weighted by molar-refractivity contribution is 0.505. The molecule has 0 saturated heterocycles. The first-order chi connectivity index (χ1) is 4.73. The Balaban J connectivity index is -0.000000124. The van der Waals surface area contributed by atoms with Gasteiger partial charge in [-0.05, 0) is 21.1 Å². The Labute approximate surface area is 81.4 Å². The maximum atomic E-state index is 2.00. The number of benzene rings is 1. The van der Waals surface area contributed by atoms with Crippen LogP contribution in [0.1, 0.15) is 0 Å². The van der Waals surface area contributed by atoms with Gasteiger partial charge in [0.1, 0.15) is 0 Å². The summed E-state index contributed by atoms with van der Waals surface area (Å²) in [5, 5.41) is 0. The van der Waals surface area contributed by atoms with Crippen molar-refractivity contribution in [2.75, 3.05) is 21.1 Å². The summed E-state index contributed by atoms with van der Waals surface area (Å²) in [5.74, 6) is 0. The largest absolute Gasteiger partial charge is 0.312 e. The van der Waals surface area contributed by atoms with E-state index in [2.05, 4.69) is 0 Å². The molecule has 1 nitrogen and oxygen atoms in total. The van der Waals surface area contributed by atoms with E-state index >= 15 is 0 Å². The molecule has 0 fully saturated rings. The minimum atomic E-state index is 0. The van der Waals surface area contributed by atoms with Crippen LogP contribution in [0.2, 0.25) is 0 Å². The highest BCUT2D eigenvalue weighted by molar-refractivity contribution is 6.92. The molecule has 0 saturated carbocycles. The van der Waals surface area contributed by atoms with Gasteiger partial charge in [0, 0.05) is 8.41 Å². The Morgan fingerprint density at radius 3 is 0.833 bits per heavy atom. The highest BCUT2D eigenvalue weighted by Crippen LogP contribution is 1.79. The Bertz CT molecular complexity index is 115. The minimum Gasteiger partial charge on any atom is -0.312 e. The third-order valence-corrected chi connectivity index (χ3v) is 0.667. The van der Waals surface area contributed by atoms with Crippen LogP contribution in [-0.4, -0.2) is 34.5 Å². The number of nitrogens with zero attached hydrogens (tertiary/aromatic N) is 1. The lowest BCUT2D eigenvalue weighted by Crippen LogP contribution is -1.99. The van der Waals surface area contributed by atoms with Gasteiger partial charge in [-0.2, -0.15) is 9.90 Å². The molecule has 1 aromatic carbocycles. The predicted molar refractivity (Wildman–Crippen MR) is 62.9 cm³/mol. The molecule has 0 aromatic heterocycles. The van der Waals surface area contributed by atoms with Crippen molar-refractivity contribution in [2.45, 2.75) is 0 Å². The Morgan fingerprint density at radius 2 is 0.750 bits per heavy atom. The zero-order chi connectivity index (χ0) is 7.82. The van der Waals surface area contributed by atoms with Crippen LogP contribution in [0.5, 0.6) is 0 Å². The van der Waals surface area contributed by atoms with Crippen molar-refractivity contribution >= 4 is 18.3 Å². The standard InChI is InChI=1S/C6H6.C3H9N.B.H3P/c1-2-4-6-5-3-1;1-4(2)3;;/h1-6H;1-3H3;;1H3. The molecule has 0 spiro atoms. The fourth-order valence-electron chi connectivity index (χ4n) is 0.385. The molecule has 3 heteroatoms. The van der Waals surface area contributed by atoms with Gasteiger partial charge in [-0.1, -0.05) is 36.4 Å². The lowest BCUT2D eigenvalue weighted by Gasteiger charge is -1.90. The average Bonchev–Trinajstić information content (AvgIpc) is 1.90. The van der Waals surface area contributed by atoms with Gasteiger partial charge in [0.2, 0.25) is 0 Å². The van der Waals surface area contributed by atoms with E-state index in [0.717, 1.165) is 0 Å². The Kier molecular flexibility index (Phi) is 19.6. The fraction of sp³-hybridized carbons (Fsp3) is 0.333. The molecule has 1 unspecified atom stereocenters. The molecule has 1 aromatic rings. The monoisotopic (exact) mass is 182 g/mol. The number of hydrogen-bond donors (Lipinski definition) is 0. The number of hydrogen-bond acceptors (Lipinski definition) is 1. The molecule has 0 amide bonds. The van der Waals surface area contributed by atoms with Crippen molar-refractivity contribution in [3.63, 3.8) is 0 Å². The first kappa shape index (κ1) is 17.7. The first-order valence-corrected chi connectivity index (χ1v) is 3.34. The second kappa shape index (κ2) is 13.3. The molecule has 12 heavy (non-hydrogen) atoms. The van der Waals surface area contributed by atoms with Gasteiger partial charge in [-0.25, -0.2) is 0 Å². The summed E-state index contributed by atoms with van der Waals surface area (Å²) >= 11 is 0. The van der Waals surface area contributed by atoms with E-state index in [1.165, 1.54) is 0 Å². The molecule has 67 valence electrons. The Hall–Kier alpha value is -0.325. The Morgan fingerprint density at radius 1 is 0.667 bits per heavy atom. The molecule has 0 aliphatic heterocycles. The van der Waals surface area contributed by atoms with Crippen LogP contribution in [0, 0.1) is 0 Å². The fourth-order valence-corrected chi connectivity index (χ4v) is 0.385. The van der Waals surface area contributed by atoms with Crippen molar-refractivity contribution in [1.29, 1.82) is 0 Å². The second-order valence-electron chi connectivity index (χ2n) is 2.50. The van der Waals surface area contributed by atoms with Gasteiger partial charge in [0.25, 0.3) is 0 Å². The molecular weight excluding hydrogens is 164 g/mol. The molecule has 0 heterocycles. The molecule has 0 N–H and O–H groups in total. The van der Waals surface area contributed by atoms with Crippen molar-refractivity contribution in [1.82, 2.24) is 4.90 Å². The SMILES string of the molecule is CN(C)C.P.[B].c1ccccc1. The van der Waals surface area contributed by atoms with Crippen LogP contribution in [0.3, 0.4) is 0 Å². The molecule has 0 aliphatic rings. The smallest absolute Gasteiger partial charge is 0 e. The lowest BCUT2D eigenvalue weighted by atomic mass is 10.4. The second-order valence-corrected chi connectivity index (χ2v) is 2.50. The maximum absolute atomic E-state index is 2.00. The molecular formula is C9H18BNP. The van der Waals surface area contributed by atoms with Gasteiger partial charge in [-0.3, -0.25) is 0 Å². The number of rotatable bonds is 0. The van der Waals surface area contributed by atoms with E-state index in [4.69, 9.17) is 0 Å². The molecule has 0 bridgehead atoms. The molecule has 0 aliphatic carbocycles. The summed E-state index contributed by atoms with van der Waals surface area (Å²) in [5.41, 5.74) is 0. The van der Waals surface area contributed by atoms with Gasteiger partial charge in [-0.15, -0.1) is 0 Å². The third kappa shape index (κ3) is 22.6. The average molecular weight is 182 g/mol. The van der Waals surface area contributed by atoms with Crippen molar-refractivity contribution in [2.24, 2.45) is 0 Å². The predicted octanol–water partition coefficient (Wildman–Crippen LogP) is 1.54. The van der Waals surface area contributed by atoms with Crippen LogP contribution in [0.25, 0.3) is 0 Å². The van der Waals surface area contributed by atoms with E-state index in [1.807, 2.05) is 62.4 Å². The quantitative estimate of drug-likeness (QED) is 0.434. The molecule has 3 radical (unpaired) electrons. The molecule has 1 atom stereocenters. The van der Waals surface area contributed by atoms with E-state index in [9.17, 15) is 0 Å². The van der Waals surface area contributed by atoms with Gasteiger partial charge >= 0.3 is 0 Å². The molecule has 1 rings (SSSR count). The van der Waals surface area contributed by atoms with E-state index in [0.29, 0.717) is 0 Å². The summed E-state index contributed by atoms with van der Waals surface area (Å²) in [4.78, 5) is 2.00. The topological polar surface area (TPSA) is 3.24 Å². The van der Waals surface area contributed by atoms with Crippen molar-refractivity contribution in [3.05, 3.63) is 36.4 Å². The highest BCUT2D eigenvalue weighted by atomic mass is 31.0. The van der Waals surface area contributed by atoms with E-state index in [1.54, 1.807) is 0 Å². The van der Waals surface area contributed by atoms with Gasteiger partial charge in [0.15, 0.2) is 0 Å². The zero-order valence-electron chi connectivity index (χ0n) is 8.20. The van der Waals surface area contributed by atoms with E-state index in [-0.39, 0.29) is 18.3 Å². The minimum absolute atomic E-state index is 0. The normalized spacial score (nSPS) is 7.00. The third-order valence-electron chi connectivity index (χ3n) is 0.667. The highest BCUT2D eigenvalue weighted by Gasteiger charge is 1.58. The van der Waals surface area contributed by atoms with Gasteiger partial charge < -0.3 is 4.90 Å². The zero-order valence-corrected chi connectivity index (χ0v) is 9.61. The van der Waals surface area contributed by atoms with Gasteiger partial charge in [0.05, 0.1) is 0 Å². The van der Waals surface area contributed by atoms with E-state index < -0.39 is 0 Å². The maximum Gasteiger partial charge on any atom is 0 e. The van der Waals surface area contributed by atoms with Crippen molar-refractivity contribution in [3.8, 4) is 0 Å². The van der Waals surface area contributed by atoms with Crippen LogP contribution < -0.4 is 0 Å². The van der Waals surface area contributed by atoms with Crippen LogP contribution in [0.4, 0.5) is 0 Å². The summed E-state index contributed by atoms with van der Waals surface area (Å²) in [6.45, 7) is 0. The first-order valence-electron chi connectivity index (χ1n) is 3.34. The van der Waals surface area contributed by atoms with Crippen LogP contribution in [0.15, 0.2) is 36.4 Å². The van der Waals surface area contributed by atoms with Crippen LogP contribution >= 0.6 is 9.90 Å². The summed E-state index contributed by atoms with van der Waals surface area (Å²) in [6, 6.07) is 12.0.